The van der Waals surface area contributed by atoms with Crippen molar-refractivity contribution in [3.8, 4) is 0 Å². The van der Waals surface area contributed by atoms with Gasteiger partial charge in [0.05, 0.1) is 0 Å². The molecule has 0 radical (unpaired) electrons. The predicted octanol–water partition coefficient (Wildman–Crippen LogP) is 0.737. The summed E-state index contributed by atoms with van der Waals surface area (Å²) in [7, 11) is 0. The van der Waals surface area contributed by atoms with Crippen LogP contribution in [0.5, 0.6) is 0 Å². The minimum absolute atomic E-state index is 0.172. The number of fused-ring (bicyclic) bond motifs is 1. The number of dihydropyridines is 1. The van der Waals surface area contributed by atoms with Gasteiger partial charge in [0, 0.05) is 17.3 Å². The Hall–Kier alpha value is -1.48. The average Bonchev–Trinajstić information content (AvgIpc) is 2.07. The third-order valence-electron chi connectivity index (χ3n) is 2.12. The fourth-order valence-corrected chi connectivity index (χ4v) is 1.50. The molecule has 0 aromatic rings. The number of amides is 1. The smallest absolute Gasteiger partial charge is 0.277 e. The Kier molecular flexibility index (Phi) is 1.74. The van der Waals surface area contributed by atoms with Crippen LogP contribution in [0.2, 0.25) is 0 Å². The largest absolute Gasteiger partial charge is 0.321 e. The van der Waals surface area contributed by atoms with Gasteiger partial charge in [-0.3, -0.25) is 4.79 Å². The molecule has 3 heteroatoms. The van der Waals surface area contributed by atoms with Gasteiger partial charge in [-0.25, -0.2) is 4.99 Å². The molecule has 0 saturated heterocycles. The summed E-state index contributed by atoms with van der Waals surface area (Å²) in [5.74, 6) is -0.185. The maximum atomic E-state index is 11.4. The Balaban J connectivity index is 2.52. The van der Waals surface area contributed by atoms with Gasteiger partial charge in [0.15, 0.2) is 0 Å². The second kappa shape index (κ2) is 2.78. The molecule has 66 valence electrons. The molecule has 3 nitrogen and oxygen atoms in total. The van der Waals surface area contributed by atoms with Gasteiger partial charge in [-0.15, -0.1) is 0 Å². The number of nitrogens with zero attached hydrogens (tertiary/aromatic N) is 1. The van der Waals surface area contributed by atoms with Crippen molar-refractivity contribution >= 4 is 11.6 Å². The number of carbonyl (C=O) groups is 1. The third-order valence-corrected chi connectivity index (χ3v) is 2.12. The van der Waals surface area contributed by atoms with Gasteiger partial charge in [-0.1, -0.05) is 12.2 Å². The van der Waals surface area contributed by atoms with Crippen molar-refractivity contribution in [2.24, 2.45) is 10.7 Å². The van der Waals surface area contributed by atoms with E-state index in [0.29, 0.717) is 5.57 Å². The van der Waals surface area contributed by atoms with E-state index in [-0.39, 0.29) is 11.9 Å². The zero-order chi connectivity index (χ0) is 9.42. The van der Waals surface area contributed by atoms with Gasteiger partial charge < -0.3 is 5.73 Å². The highest BCUT2D eigenvalue weighted by atomic mass is 16.1. The average molecular weight is 174 g/mol. The molecular formula is C10H10N2O. The molecule has 1 atom stereocenters. The molecule has 0 spiro atoms. The van der Waals surface area contributed by atoms with Crippen LogP contribution >= 0.6 is 0 Å². The number of hydrogen-bond acceptors (Lipinski definition) is 2. The van der Waals surface area contributed by atoms with E-state index in [2.05, 4.69) is 4.99 Å². The predicted molar refractivity (Wildman–Crippen MR) is 51.4 cm³/mol. The Morgan fingerprint density at radius 2 is 2.31 bits per heavy atom. The van der Waals surface area contributed by atoms with E-state index in [1.54, 1.807) is 19.1 Å². The monoisotopic (exact) mass is 174 g/mol. The highest BCUT2D eigenvalue weighted by Crippen LogP contribution is 2.23. The molecule has 0 aromatic heterocycles. The number of nitrogens with two attached hydrogens (primary N) is 1. The fourth-order valence-electron chi connectivity index (χ4n) is 1.50. The summed E-state index contributed by atoms with van der Waals surface area (Å²) in [5, 5.41) is 0. The van der Waals surface area contributed by atoms with Crippen molar-refractivity contribution in [2.75, 3.05) is 0 Å². The van der Waals surface area contributed by atoms with Crippen LogP contribution in [0.1, 0.15) is 6.92 Å². The van der Waals surface area contributed by atoms with Crippen molar-refractivity contribution in [3.05, 3.63) is 35.5 Å². The molecule has 1 aliphatic carbocycles. The van der Waals surface area contributed by atoms with Gasteiger partial charge in [-0.2, -0.15) is 0 Å². The Bertz CT molecular complexity index is 386. The SMILES string of the molecule is CC1=NC(=O)C2=CC=CC(N)C2=C1. The summed E-state index contributed by atoms with van der Waals surface area (Å²) < 4.78 is 0. The number of aliphatic imine (C=N–C) groups is 1. The minimum Gasteiger partial charge on any atom is -0.321 e. The molecule has 2 aliphatic rings. The highest BCUT2D eigenvalue weighted by Gasteiger charge is 2.23. The quantitative estimate of drug-likeness (QED) is 0.588. The Labute approximate surface area is 76.3 Å². The summed E-state index contributed by atoms with van der Waals surface area (Å²) in [6.07, 6.45) is 7.28. The first-order valence-electron chi connectivity index (χ1n) is 4.14. The fraction of sp³-hybridized carbons (Fsp3) is 0.200. The van der Waals surface area contributed by atoms with Crippen molar-refractivity contribution < 1.29 is 4.79 Å². The molecule has 1 unspecified atom stereocenters. The lowest BCUT2D eigenvalue weighted by atomic mass is 9.91. The molecule has 0 saturated carbocycles. The van der Waals surface area contributed by atoms with Gasteiger partial charge in [0.25, 0.3) is 5.91 Å². The lowest BCUT2D eigenvalue weighted by Crippen LogP contribution is -2.28. The van der Waals surface area contributed by atoms with Crippen LogP contribution in [0.3, 0.4) is 0 Å². The molecule has 1 amide bonds. The van der Waals surface area contributed by atoms with E-state index in [1.165, 1.54) is 0 Å². The normalized spacial score (nSPS) is 26.2. The van der Waals surface area contributed by atoms with E-state index < -0.39 is 0 Å². The molecule has 1 aliphatic heterocycles. The molecule has 1 heterocycles. The standard InChI is InChI=1S/C10H10N2O/c1-6-5-8-7(10(13)12-6)3-2-4-9(8)11/h2-5,9H,11H2,1H3. The van der Waals surface area contributed by atoms with Gasteiger partial charge >= 0.3 is 0 Å². The Morgan fingerprint density at radius 1 is 1.54 bits per heavy atom. The van der Waals surface area contributed by atoms with Crippen LogP contribution in [0, 0.1) is 0 Å². The summed E-state index contributed by atoms with van der Waals surface area (Å²) in [4.78, 5) is 15.2. The minimum atomic E-state index is -0.185. The van der Waals surface area contributed by atoms with Crippen LogP contribution in [0.25, 0.3) is 0 Å². The van der Waals surface area contributed by atoms with Crippen molar-refractivity contribution in [1.29, 1.82) is 0 Å². The zero-order valence-corrected chi connectivity index (χ0v) is 7.32. The number of allylic oxidation sites excluding steroid dienone is 3. The van der Waals surface area contributed by atoms with E-state index in [1.807, 2.05) is 12.2 Å². The van der Waals surface area contributed by atoms with Crippen molar-refractivity contribution in [3.63, 3.8) is 0 Å². The van der Waals surface area contributed by atoms with Crippen LogP contribution in [-0.2, 0) is 4.79 Å². The van der Waals surface area contributed by atoms with Crippen molar-refractivity contribution in [2.45, 2.75) is 13.0 Å². The zero-order valence-electron chi connectivity index (χ0n) is 7.32. The lowest BCUT2D eigenvalue weighted by molar-refractivity contribution is -0.114. The third kappa shape index (κ3) is 1.27. The van der Waals surface area contributed by atoms with Crippen molar-refractivity contribution in [1.82, 2.24) is 0 Å². The first-order valence-corrected chi connectivity index (χ1v) is 4.14. The molecule has 0 bridgehead atoms. The Morgan fingerprint density at radius 3 is 3.08 bits per heavy atom. The van der Waals surface area contributed by atoms with Gasteiger partial charge in [0.1, 0.15) is 0 Å². The van der Waals surface area contributed by atoms with E-state index >= 15 is 0 Å². The summed E-state index contributed by atoms with van der Waals surface area (Å²) >= 11 is 0. The van der Waals surface area contributed by atoms with E-state index in [9.17, 15) is 4.79 Å². The molecule has 13 heavy (non-hydrogen) atoms. The second-order valence-corrected chi connectivity index (χ2v) is 3.15. The second-order valence-electron chi connectivity index (χ2n) is 3.15. The van der Waals surface area contributed by atoms with Crippen LogP contribution in [-0.4, -0.2) is 17.7 Å². The maximum Gasteiger partial charge on any atom is 0.277 e. The molecular weight excluding hydrogens is 164 g/mol. The summed E-state index contributed by atoms with van der Waals surface area (Å²) in [5.41, 5.74) is 8.04. The molecule has 0 fully saturated rings. The molecule has 2 N–H and O–H groups in total. The molecule has 2 rings (SSSR count). The summed E-state index contributed by atoms with van der Waals surface area (Å²) in [6.45, 7) is 1.80. The number of carbonyl (C=O) groups excluding carboxylic acids is 1. The van der Waals surface area contributed by atoms with Gasteiger partial charge in [-0.05, 0) is 24.6 Å². The van der Waals surface area contributed by atoms with Gasteiger partial charge in [0.2, 0.25) is 0 Å². The maximum absolute atomic E-state index is 11.4. The first kappa shape index (κ1) is 8.13. The van der Waals surface area contributed by atoms with E-state index in [0.717, 1.165) is 11.3 Å². The van der Waals surface area contributed by atoms with E-state index in [4.69, 9.17) is 5.73 Å². The highest BCUT2D eigenvalue weighted by molar-refractivity contribution is 6.13. The summed E-state index contributed by atoms with van der Waals surface area (Å²) in [6, 6.07) is -0.172. The topological polar surface area (TPSA) is 55.5 Å². The molecule has 0 aromatic carbocycles. The number of rotatable bonds is 0. The lowest BCUT2D eigenvalue weighted by Gasteiger charge is -2.20. The van der Waals surface area contributed by atoms with Crippen LogP contribution < -0.4 is 5.73 Å². The first-order chi connectivity index (χ1) is 6.18. The van der Waals surface area contributed by atoms with Crippen LogP contribution in [0.15, 0.2) is 40.4 Å². The van der Waals surface area contributed by atoms with Crippen LogP contribution in [0.4, 0.5) is 0 Å². The number of hydrogen-bond donors (Lipinski definition) is 1.